The van der Waals surface area contributed by atoms with E-state index >= 15 is 0 Å². The number of hydrogen-bond donors (Lipinski definition) is 1. The molecule has 1 heteroatoms. The van der Waals surface area contributed by atoms with Crippen molar-refractivity contribution in [3.8, 4) is 0 Å². The van der Waals surface area contributed by atoms with Crippen molar-refractivity contribution in [1.29, 1.82) is 0 Å². The Morgan fingerprint density at radius 3 is 1.47 bits per heavy atom. The summed E-state index contributed by atoms with van der Waals surface area (Å²) in [6.45, 7) is 6.71. The average molecular weight is 237 g/mol. The number of allylic oxidation sites excluding steroid dienone is 2. The second-order valence-corrected chi connectivity index (χ2v) is 4.55. The summed E-state index contributed by atoms with van der Waals surface area (Å²) in [5.41, 5.74) is 0. The first-order valence-electron chi connectivity index (χ1n) is 7.42. The summed E-state index contributed by atoms with van der Waals surface area (Å²) in [4.78, 5) is 0. The van der Waals surface area contributed by atoms with Crippen LogP contribution >= 0.6 is 0 Å². The van der Waals surface area contributed by atoms with Crippen LogP contribution in [0.1, 0.15) is 65.2 Å². The zero-order chi connectivity index (χ0) is 12.6. The fraction of sp³-hybridized carbons (Fsp3) is 0.750. The molecule has 0 unspecified atom stereocenters. The van der Waals surface area contributed by atoms with Crippen molar-refractivity contribution < 1.29 is 0 Å². The van der Waals surface area contributed by atoms with Gasteiger partial charge in [0.2, 0.25) is 0 Å². The van der Waals surface area contributed by atoms with Crippen molar-refractivity contribution in [3.63, 3.8) is 0 Å². The lowest BCUT2D eigenvalue weighted by atomic mass is 10.2. The van der Waals surface area contributed by atoms with Gasteiger partial charge in [0.1, 0.15) is 0 Å². The molecule has 0 aliphatic rings. The standard InChI is InChI=1S/C16H31N/c1-3-5-7-9-11-13-15-17-16-14-12-10-8-6-4-2/h9-12,17H,3-8,13-16H2,1-2H3/b11-9+,12-10+. The van der Waals surface area contributed by atoms with Crippen LogP contribution in [0.15, 0.2) is 24.3 Å². The van der Waals surface area contributed by atoms with Crippen LogP contribution in [0.25, 0.3) is 0 Å². The van der Waals surface area contributed by atoms with E-state index in [0.717, 1.165) is 13.1 Å². The molecule has 0 aliphatic heterocycles. The van der Waals surface area contributed by atoms with Crippen molar-refractivity contribution >= 4 is 0 Å². The summed E-state index contributed by atoms with van der Waals surface area (Å²) in [5.74, 6) is 0. The van der Waals surface area contributed by atoms with Gasteiger partial charge in [-0.25, -0.2) is 0 Å². The third-order valence-corrected chi connectivity index (χ3v) is 2.76. The van der Waals surface area contributed by atoms with Crippen LogP contribution in [0.3, 0.4) is 0 Å². The molecule has 1 nitrogen and oxygen atoms in total. The molecule has 0 aromatic carbocycles. The topological polar surface area (TPSA) is 12.0 Å². The van der Waals surface area contributed by atoms with E-state index in [-0.39, 0.29) is 0 Å². The van der Waals surface area contributed by atoms with Crippen LogP contribution in [-0.2, 0) is 0 Å². The summed E-state index contributed by atoms with van der Waals surface area (Å²) in [5, 5.41) is 3.46. The quantitative estimate of drug-likeness (QED) is 0.378. The van der Waals surface area contributed by atoms with Crippen molar-refractivity contribution in [2.24, 2.45) is 0 Å². The molecule has 0 amide bonds. The monoisotopic (exact) mass is 237 g/mol. The van der Waals surface area contributed by atoms with Crippen LogP contribution in [-0.4, -0.2) is 13.1 Å². The average Bonchev–Trinajstić information content (AvgIpc) is 2.35. The van der Waals surface area contributed by atoms with Crippen molar-refractivity contribution in [1.82, 2.24) is 5.32 Å². The highest BCUT2D eigenvalue weighted by molar-refractivity contribution is 4.83. The molecule has 100 valence electrons. The maximum atomic E-state index is 3.46. The molecule has 17 heavy (non-hydrogen) atoms. The van der Waals surface area contributed by atoms with Gasteiger partial charge in [-0.2, -0.15) is 0 Å². The zero-order valence-electron chi connectivity index (χ0n) is 11.9. The van der Waals surface area contributed by atoms with Gasteiger partial charge in [-0.15, -0.1) is 0 Å². The maximum absolute atomic E-state index is 3.46. The van der Waals surface area contributed by atoms with Gasteiger partial charge in [-0.3, -0.25) is 0 Å². The molecular formula is C16H31N. The predicted molar refractivity (Wildman–Crippen MR) is 79.4 cm³/mol. The van der Waals surface area contributed by atoms with E-state index in [0.29, 0.717) is 0 Å². The fourth-order valence-electron chi connectivity index (χ4n) is 1.61. The minimum Gasteiger partial charge on any atom is -0.316 e. The molecule has 1 N–H and O–H groups in total. The highest BCUT2D eigenvalue weighted by atomic mass is 14.8. The molecular weight excluding hydrogens is 206 g/mol. The molecule has 0 atom stereocenters. The molecule has 0 saturated heterocycles. The van der Waals surface area contributed by atoms with Gasteiger partial charge in [0, 0.05) is 0 Å². The van der Waals surface area contributed by atoms with Gasteiger partial charge in [-0.05, 0) is 38.8 Å². The minimum atomic E-state index is 1.12. The SMILES string of the molecule is CCCC/C=C/CCNCC/C=C/CCCC. The van der Waals surface area contributed by atoms with Crippen LogP contribution in [0.5, 0.6) is 0 Å². The first-order valence-corrected chi connectivity index (χ1v) is 7.42. The molecule has 0 aromatic heterocycles. The summed E-state index contributed by atoms with van der Waals surface area (Å²) >= 11 is 0. The lowest BCUT2D eigenvalue weighted by Crippen LogP contribution is -2.15. The second-order valence-electron chi connectivity index (χ2n) is 4.55. The van der Waals surface area contributed by atoms with Crippen LogP contribution in [0.2, 0.25) is 0 Å². The molecule has 0 aromatic rings. The lowest BCUT2D eigenvalue weighted by molar-refractivity contribution is 0.694. The van der Waals surface area contributed by atoms with E-state index in [4.69, 9.17) is 0 Å². The van der Waals surface area contributed by atoms with E-state index < -0.39 is 0 Å². The van der Waals surface area contributed by atoms with Gasteiger partial charge in [0.15, 0.2) is 0 Å². The van der Waals surface area contributed by atoms with E-state index in [2.05, 4.69) is 43.5 Å². The summed E-state index contributed by atoms with van der Waals surface area (Å²) in [6, 6.07) is 0. The Morgan fingerprint density at radius 2 is 1.06 bits per heavy atom. The van der Waals surface area contributed by atoms with E-state index in [9.17, 15) is 0 Å². The van der Waals surface area contributed by atoms with Crippen molar-refractivity contribution in [2.75, 3.05) is 13.1 Å². The second kappa shape index (κ2) is 15.4. The Kier molecular flexibility index (Phi) is 14.9. The summed E-state index contributed by atoms with van der Waals surface area (Å²) in [7, 11) is 0. The number of hydrogen-bond acceptors (Lipinski definition) is 1. The normalized spacial score (nSPS) is 11.9. The predicted octanol–water partition coefficient (Wildman–Crippen LogP) is 4.85. The Hall–Kier alpha value is -0.560. The Labute approximate surface area is 108 Å². The third kappa shape index (κ3) is 15.4. The molecule has 0 rings (SSSR count). The van der Waals surface area contributed by atoms with E-state index in [1.54, 1.807) is 0 Å². The van der Waals surface area contributed by atoms with Crippen LogP contribution in [0.4, 0.5) is 0 Å². The highest BCUT2D eigenvalue weighted by Gasteiger charge is 1.84. The van der Waals surface area contributed by atoms with Gasteiger partial charge in [0.05, 0.1) is 0 Å². The Balaban J connectivity index is 3.07. The first kappa shape index (κ1) is 16.4. The molecule has 0 bridgehead atoms. The summed E-state index contributed by atoms with van der Waals surface area (Å²) in [6.07, 6.45) is 19.3. The van der Waals surface area contributed by atoms with Crippen LogP contribution < -0.4 is 5.32 Å². The van der Waals surface area contributed by atoms with Gasteiger partial charge >= 0.3 is 0 Å². The third-order valence-electron chi connectivity index (χ3n) is 2.76. The first-order chi connectivity index (χ1) is 8.41. The van der Waals surface area contributed by atoms with E-state index in [1.807, 2.05) is 0 Å². The van der Waals surface area contributed by atoms with Gasteiger partial charge in [0.25, 0.3) is 0 Å². The molecule has 0 saturated carbocycles. The van der Waals surface area contributed by atoms with E-state index in [1.165, 1.54) is 51.4 Å². The van der Waals surface area contributed by atoms with Crippen LogP contribution in [0, 0.1) is 0 Å². The highest BCUT2D eigenvalue weighted by Crippen LogP contribution is 1.96. The molecule has 0 aliphatic carbocycles. The molecule has 0 fully saturated rings. The van der Waals surface area contributed by atoms with Crippen molar-refractivity contribution in [2.45, 2.75) is 65.2 Å². The van der Waals surface area contributed by atoms with Crippen molar-refractivity contribution in [3.05, 3.63) is 24.3 Å². The molecule has 0 radical (unpaired) electrons. The number of nitrogens with one attached hydrogen (secondary N) is 1. The minimum absolute atomic E-state index is 1.12. The molecule has 0 heterocycles. The smallest absolute Gasteiger partial charge is 0.00141 e. The fourth-order valence-corrected chi connectivity index (χ4v) is 1.61. The largest absolute Gasteiger partial charge is 0.316 e. The Bertz CT molecular complexity index is 162. The lowest BCUT2D eigenvalue weighted by Gasteiger charge is -1.99. The van der Waals surface area contributed by atoms with Gasteiger partial charge < -0.3 is 5.32 Å². The maximum Gasteiger partial charge on any atom is -0.00141 e. The summed E-state index contributed by atoms with van der Waals surface area (Å²) < 4.78 is 0. The Morgan fingerprint density at radius 1 is 0.647 bits per heavy atom. The van der Waals surface area contributed by atoms with Gasteiger partial charge in [-0.1, -0.05) is 63.8 Å². The zero-order valence-corrected chi connectivity index (χ0v) is 11.9. The number of unbranched alkanes of at least 4 members (excludes halogenated alkanes) is 4. The molecule has 0 spiro atoms. The number of rotatable bonds is 12.